The molecule has 0 atom stereocenters. The van der Waals surface area contributed by atoms with Gasteiger partial charge in [-0.05, 0) is 54.2 Å². The van der Waals surface area contributed by atoms with Gasteiger partial charge in [0.2, 0.25) is 5.91 Å². The maximum absolute atomic E-state index is 13.3. The minimum Gasteiger partial charge on any atom is -0.483 e. The Morgan fingerprint density at radius 1 is 0.946 bits per heavy atom. The van der Waals surface area contributed by atoms with E-state index in [0.29, 0.717) is 28.8 Å². The number of benzene rings is 3. The molecule has 0 aromatic heterocycles. The Bertz CT molecular complexity index is 1400. The summed E-state index contributed by atoms with van der Waals surface area (Å²) in [6, 6.07) is 19.3. The molecule has 4 rings (SSSR count). The first-order chi connectivity index (χ1) is 17.8. The second-order valence-corrected chi connectivity index (χ2v) is 9.09. The van der Waals surface area contributed by atoms with Gasteiger partial charge in [0.15, 0.2) is 6.61 Å². The summed E-state index contributed by atoms with van der Waals surface area (Å²) in [5, 5.41) is 4.39. The van der Waals surface area contributed by atoms with Gasteiger partial charge in [0.05, 0.1) is 9.93 Å². The summed E-state index contributed by atoms with van der Waals surface area (Å²) < 4.78 is 19.0. The van der Waals surface area contributed by atoms with Crippen LogP contribution in [0.4, 0.5) is 20.6 Å². The summed E-state index contributed by atoms with van der Waals surface area (Å²) in [6.07, 6.45) is 1.47. The molecule has 0 saturated carbocycles. The van der Waals surface area contributed by atoms with Crippen LogP contribution in [0, 0.1) is 5.82 Å². The minimum atomic E-state index is -0.654. The lowest BCUT2D eigenvalue weighted by Crippen LogP contribution is -2.36. The van der Waals surface area contributed by atoms with E-state index in [0.717, 1.165) is 11.0 Å². The molecular formula is C26H19ClFN3O5S. The topological polar surface area (TPSA) is 105 Å². The largest absolute Gasteiger partial charge is 0.483 e. The molecule has 11 heteroatoms. The molecule has 0 unspecified atom stereocenters. The fraction of sp³-hybridized carbons (Fsp3) is 0.0769. The van der Waals surface area contributed by atoms with Gasteiger partial charge in [0, 0.05) is 16.9 Å². The number of rotatable bonds is 8. The highest BCUT2D eigenvalue weighted by atomic mass is 35.5. The lowest BCUT2D eigenvalue weighted by Gasteiger charge is -2.13. The summed E-state index contributed by atoms with van der Waals surface area (Å²) in [5.74, 6) is -1.98. The van der Waals surface area contributed by atoms with Crippen molar-refractivity contribution in [1.82, 2.24) is 4.90 Å². The van der Waals surface area contributed by atoms with Crippen molar-refractivity contribution in [2.24, 2.45) is 0 Å². The summed E-state index contributed by atoms with van der Waals surface area (Å²) in [7, 11) is 0. The third-order valence-electron chi connectivity index (χ3n) is 5.00. The van der Waals surface area contributed by atoms with Crippen molar-refractivity contribution in [2.45, 2.75) is 0 Å². The maximum Gasteiger partial charge on any atom is 0.294 e. The molecule has 8 nitrogen and oxygen atoms in total. The Morgan fingerprint density at radius 2 is 1.65 bits per heavy atom. The van der Waals surface area contributed by atoms with Gasteiger partial charge in [0.1, 0.15) is 18.1 Å². The normalized spacial score (nSPS) is 14.1. The molecule has 1 saturated heterocycles. The number of hydrogen-bond acceptors (Lipinski definition) is 6. The molecule has 1 aliphatic heterocycles. The van der Waals surface area contributed by atoms with E-state index in [1.165, 1.54) is 18.2 Å². The number of carbonyl (C=O) groups is 4. The Balaban J connectivity index is 1.40. The molecule has 4 amide bonds. The zero-order valence-electron chi connectivity index (χ0n) is 19.1. The van der Waals surface area contributed by atoms with Crippen molar-refractivity contribution in [3.63, 3.8) is 0 Å². The lowest BCUT2D eigenvalue weighted by atomic mass is 10.2. The van der Waals surface area contributed by atoms with Crippen LogP contribution in [0.3, 0.4) is 0 Å². The van der Waals surface area contributed by atoms with E-state index in [2.05, 4.69) is 10.6 Å². The molecule has 1 heterocycles. The molecule has 188 valence electrons. The van der Waals surface area contributed by atoms with Crippen LogP contribution in [0.25, 0.3) is 6.08 Å². The SMILES string of the molecule is O=C(COc1ccccc1/C=C1/SC(=O)N(CC(=O)Nc2ccc(F)c(Cl)c2)C1=O)Nc1ccccc1. The first kappa shape index (κ1) is 25.9. The number of halogens is 2. The van der Waals surface area contributed by atoms with E-state index in [9.17, 15) is 23.6 Å². The van der Waals surface area contributed by atoms with E-state index >= 15 is 0 Å². The molecule has 1 fully saturated rings. The van der Waals surface area contributed by atoms with Gasteiger partial charge in [-0.2, -0.15) is 0 Å². The van der Waals surface area contributed by atoms with Crippen molar-refractivity contribution in [3.8, 4) is 5.75 Å². The van der Waals surface area contributed by atoms with Crippen molar-refractivity contribution in [1.29, 1.82) is 0 Å². The highest BCUT2D eigenvalue weighted by Gasteiger charge is 2.36. The van der Waals surface area contributed by atoms with E-state index in [-0.39, 0.29) is 28.1 Å². The zero-order chi connectivity index (χ0) is 26.4. The first-order valence-corrected chi connectivity index (χ1v) is 12.1. The second-order valence-electron chi connectivity index (χ2n) is 7.69. The number of carbonyl (C=O) groups excluding carboxylic acids is 4. The smallest absolute Gasteiger partial charge is 0.294 e. The molecule has 3 aromatic carbocycles. The predicted octanol–water partition coefficient (Wildman–Crippen LogP) is 5.17. The number of hydrogen-bond donors (Lipinski definition) is 2. The quantitative estimate of drug-likeness (QED) is 0.383. The van der Waals surface area contributed by atoms with Crippen molar-refractivity contribution >= 4 is 63.8 Å². The number of thioether (sulfide) groups is 1. The Labute approximate surface area is 220 Å². The number of nitrogens with zero attached hydrogens (tertiary/aromatic N) is 1. The number of nitrogens with one attached hydrogen (secondary N) is 2. The number of amides is 4. The number of imide groups is 1. The summed E-state index contributed by atoms with van der Waals surface area (Å²) in [6.45, 7) is -0.802. The number of para-hydroxylation sites is 2. The molecule has 0 bridgehead atoms. The van der Waals surface area contributed by atoms with Crippen molar-refractivity contribution in [3.05, 3.63) is 94.1 Å². The predicted molar refractivity (Wildman–Crippen MR) is 140 cm³/mol. The number of anilines is 2. The maximum atomic E-state index is 13.3. The summed E-state index contributed by atoms with van der Waals surface area (Å²) in [5.41, 5.74) is 1.33. The molecule has 1 aliphatic rings. The molecular weight excluding hydrogens is 521 g/mol. The van der Waals surface area contributed by atoms with Crippen LogP contribution >= 0.6 is 23.4 Å². The zero-order valence-corrected chi connectivity index (χ0v) is 20.6. The molecule has 37 heavy (non-hydrogen) atoms. The van der Waals surface area contributed by atoms with E-state index in [1.807, 2.05) is 6.07 Å². The Morgan fingerprint density at radius 3 is 2.41 bits per heavy atom. The minimum absolute atomic E-state index is 0.0902. The Kier molecular flexibility index (Phi) is 8.22. The van der Waals surface area contributed by atoms with Gasteiger partial charge < -0.3 is 15.4 Å². The third kappa shape index (κ3) is 6.75. The van der Waals surface area contributed by atoms with Gasteiger partial charge in [-0.15, -0.1) is 0 Å². The summed E-state index contributed by atoms with van der Waals surface area (Å²) in [4.78, 5) is 50.8. The standard InChI is InChI=1S/C26H19ClFN3O5S/c27-19-13-18(10-11-20(19)28)30-23(32)14-31-25(34)22(37-26(31)35)12-16-6-4-5-9-21(16)36-15-24(33)29-17-7-2-1-3-8-17/h1-13H,14-15H2,(H,29,33)(H,30,32)/b22-12+. The van der Waals surface area contributed by atoms with Crippen LogP contribution in [0.2, 0.25) is 5.02 Å². The second kappa shape index (κ2) is 11.7. The average Bonchev–Trinajstić information content (AvgIpc) is 3.13. The monoisotopic (exact) mass is 539 g/mol. The van der Waals surface area contributed by atoms with Crippen LogP contribution in [-0.2, 0) is 14.4 Å². The molecule has 3 aromatic rings. The molecule has 0 spiro atoms. The molecule has 0 radical (unpaired) electrons. The lowest BCUT2D eigenvalue weighted by molar-refractivity contribution is -0.127. The fourth-order valence-corrected chi connectivity index (χ4v) is 4.30. The third-order valence-corrected chi connectivity index (χ3v) is 6.20. The fourth-order valence-electron chi connectivity index (χ4n) is 3.29. The first-order valence-electron chi connectivity index (χ1n) is 10.9. The van der Waals surface area contributed by atoms with Gasteiger partial charge in [-0.25, -0.2) is 4.39 Å². The van der Waals surface area contributed by atoms with Crippen LogP contribution in [0.1, 0.15) is 5.56 Å². The van der Waals surface area contributed by atoms with Gasteiger partial charge in [-0.3, -0.25) is 24.1 Å². The van der Waals surface area contributed by atoms with Crippen LogP contribution in [0.5, 0.6) is 5.75 Å². The number of ether oxygens (including phenoxy) is 1. The van der Waals surface area contributed by atoms with Crippen LogP contribution in [0.15, 0.2) is 77.7 Å². The average molecular weight is 540 g/mol. The molecule has 2 N–H and O–H groups in total. The van der Waals surface area contributed by atoms with Gasteiger partial charge in [0.25, 0.3) is 17.1 Å². The highest BCUT2D eigenvalue weighted by Crippen LogP contribution is 2.34. The van der Waals surface area contributed by atoms with Crippen LogP contribution < -0.4 is 15.4 Å². The van der Waals surface area contributed by atoms with Crippen molar-refractivity contribution < 1.29 is 28.3 Å². The summed E-state index contributed by atoms with van der Waals surface area (Å²) >= 11 is 6.39. The molecule has 0 aliphatic carbocycles. The Hall–Kier alpha value is -4.15. The van der Waals surface area contributed by atoms with Gasteiger partial charge in [-0.1, -0.05) is 48.0 Å². The van der Waals surface area contributed by atoms with Crippen molar-refractivity contribution in [2.75, 3.05) is 23.8 Å². The van der Waals surface area contributed by atoms with E-state index < -0.39 is 29.4 Å². The van der Waals surface area contributed by atoms with E-state index in [1.54, 1.807) is 48.5 Å². The van der Waals surface area contributed by atoms with Crippen LogP contribution in [-0.4, -0.2) is 41.0 Å². The highest BCUT2D eigenvalue weighted by molar-refractivity contribution is 8.18. The van der Waals surface area contributed by atoms with E-state index in [4.69, 9.17) is 16.3 Å². The van der Waals surface area contributed by atoms with Gasteiger partial charge >= 0.3 is 0 Å².